The molecule has 0 aliphatic rings. The number of thioether (sulfide) groups is 1. The SMILES string of the molecule is CCCCn1c(C)c(C(=O)OCC)c2c(CSc3ccc(Cl)cc3)c(O)ccc21. The van der Waals surface area contributed by atoms with Crippen molar-refractivity contribution >= 4 is 40.2 Å². The molecule has 0 atom stereocenters. The predicted molar refractivity (Wildman–Crippen MR) is 120 cm³/mol. The number of esters is 1. The third-order valence-electron chi connectivity index (χ3n) is 4.99. The zero-order valence-corrected chi connectivity index (χ0v) is 18.6. The minimum atomic E-state index is -0.339. The number of unbranched alkanes of at least 4 members (excludes halogenated alkanes) is 1. The van der Waals surface area contributed by atoms with Gasteiger partial charge in [-0.3, -0.25) is 0 Å². The number of ether oxygens (including phenoxy) is 1. The molecule has 1 N–H and O–H groups in total. The molecule has 2 aromatic carbocycles. The van der Waals surface area contributed by atoms with Gasteiger partial charge in [-0.15, -0.1) is 11.8 Å². The lowest BCUT2D eigenvalue weighted by atomic mass is 10.0. The summed E-state index contributed by atoms with van der Waals surface area (Å²) in [6.45, 7) is 7.04. The number of halogens is 1. The van der Waals surface area contributed by atoms with Crippen LogP contribution < -0.4 is 0 Å². The van der Waals surface area contributed by atoms with Crippen LogP contribution >= 0.6 is 23.4 Å². The summed E-state index contributed by atoms with van der Waals surface area (Å²) >= 11 is 7.57. The molecule has 0 radical (unpaired) electrons. The van der Waals surface area contributed by atoms with Crippen LogP contribution in [0.1, 0.15) is 48.3 Å². The highest BCUT2D eigenvalue weighted by Gasteiger charge is 2.24. The number of hydrogen-bond donors (Lipinski definition) is 1. The van der Waals surface area contributed by atoms with Gasteiger partial charge in [-0.1, -0.05) is 24.9 Å². The number of carbonyl (C=O) groups excluding carboxylic acids is 1. The second kappa shape index (κ2) is 9.59. The number of benzene rings is 2. The predicted octanol–water partition coefficient (Wildman–Crippen LogP) is 6.58. The molecule has 0 aliphatic carbocycles. The molecular weight excluding hydrogens is 406 g/mol. The average Bonchev–Trinajstić information content (AvgIpc) is 2.98. The first kappa shape index (κ1) is 21.6. The van der Waals surface area contributed by atoms with Crippen LogP contribution in [0, 0.1) is 6.92 Å². The molecule has 3 aromatic rings. The van der Waals surface area contributed by atoms with Crippen molar-refractivity contribution in [3.8, 4) is 5.75 Å². The number of fused-ring (bicyclic) bond motifs is 1. The lowest BCUT2D eigenvalue weighted by Gasteiger charge is -2.10. The summed E-state index contributed by atoms with van der Waals surface area (Å²) in [6, 6.07) is 11.2. The Balaban J connectivity index is 2.11. The van der Waals surface area contributed by atoms with Crippen molar-refractivity contribution in [3.05, 3.63) is 58.2 Å². The summed E-state index contributed by atoms with van der Waals surface area (Å²) in [5.41, 5.74) is 3.16. The Morgan fingerprint density at radius 1 is 1.17 bits per heavy atom. The van der Waals surface area contributed by atoms with Crippen molar-refractivity contribution in [2.24, 2.45) is 0 Å². The largest absolute Gasteiger partial charge is 0.508 e. The van der Waals surface area contributed by atoms with Crippen LogP contribution in [0.15, 0.2) is 41.3 Å². The van der Waals surface area contributed by atoms with Gasteiger partial charge in [0.2, 0.25) is 0 Å². The van der Waals surface area contributed by atoms with Crippen molar-refractivity contribution in [2.45, 2.75) is 50.8 Å². The van der Waals surface area contributed by atoms with Gasteiger partial charge in [0, 0.05) is 44.4 Å². The van der Waals surface area contributed by atoms with Crippen LogP contribution in [0.2, 0.25) is 5.02 Å². The molecule has 4 nitrogen and oxygen atoms in total. The molecule has 0 saturated carbocycles. The Morgan fingerprint density at radius 3 is 2.55 bits per heavy atom. The van der Waals surface area contributed by atoms with Gasteiger partial charge >= 0.3 is 5.97 Å². The van der Waals surface area contributed by atoms with Gasteiger partial charge in [0.05, 0.1) is 12.2 Å². The summed E-state index contributed by atoms with van der Waals surface area (Å²) in [4.78, 5) is 13.9. The molecule has 0 spiro atoms. The Hall–Kier alpha value is -2.11. The number of phenolic OH excluding ortho intramolecular Hbond substituents is 1. The minimum Gasteiger partial charge on any atom is -0.508 e. The van der Waals surface area contributed by atoms with E-state index in [0.717, 1.165) is 46.4 Å². The van der Waals surface area contributed by atoms with Crippen molar-refractivity contribution in [2.75, 3.05) is 6.61 Å². The van der Waals surface area contributed by atoms with E-state index in [9.17, 15) is 9.90 Å². The molecular formula is C23H26ClNO3S. The van der Waals surface area contributed by atoms with Crippen LogP contribution in [-0.4, -0.2) is 22.2 Å². The Kier molecular flexibility index (Phi) is 7.14. The maximum Gasteiger partial charge on any atom is 0.340 e. The third-order valence-corrected chi connectivity index (χ3v) is 6.28. The monoisotopic (exact) mass is 431 g/mol. The van der Waals surface area contributed by atoms with E-state index >= 15 is 0 Å². The lowest BCUT2D eigenvalue weighted by molar-refractivity contribution is 0.0527. The molecule has 0 unspecified atom stereocenters. The Morgan fingerprint density at radius 2 is 1.90 bits per heavy atom. The molecule has 1 aromatic heterocycles. The van der Waals surface area contributed by atoms with Gasteiger partial charge < -0.3 is 14.4 Å². The standard InChI is InChI=1S/C23H26ClNO3S/c1-4-6-13-25-15(3)21(23(27)28-5-2)22-18(20(26)12-11-19(22)25)14-29-17-9-7-16(24)8-10-17/h7-12,26H,4-6,13-14H2,1-3H3. The van der Waals surface area contributed by atoms with Gasteiger partial charge in [-0.25, -0.2) is 4.79 Å². The highest BCUT2D eigenvalue weighted by atomic mass is 35.5. The van der Waals surface area contributed by atoms with Crippen LogP contribution in [0.4, 0.5) is 0 Å². The number of rotatable bonds is 8. The van der Waals surface area contributed by atoms with Gasteiger partial charge in [-0.05, 0) is 56.7 Å². The van der Waals surface area contributed by atoms with Crippen molar-refractivity contribution in [1.29, 1.82) is 0 Å². The van der Waals surface area contributed by atoms with Crippen molar-refractivity contribution < 1.29 is 14.6 Å². The number of phenols is 1. The second-order valence-electron chi connectivity index (χ2n) is 6.89. The minimum absolute atomic E-state index is 0.192. The van der Waals surface area contributed by atoms with Crippen LogP contribution in [0.3, 0.4) is 0 Å². The highest BCUT2D eigenvalue weighted by molar-refractivity contribution is 7.98. The average molecular weight is 432 g/mol. The summed E-state index contributed by atoms with van der Waals surface area (Å²) in [6.07, 6.45) is 2.08. The van der Waals surface area contributed by atoms with Crippen LogP contribution in [-0.2, 0) is 17.0 Å². The van der Waals surface area contributed by atoms with E-state index in [-0.39, 0.29) is 11.7 Å². The highest BCUT2D eigenvalue weighted by Crippen LogP contribution is 2.38. The quantitative estimate of drug-likeness (QED) is 0.323. The number of aromatic nitrogens is 1. The third kappa shape index (κ3) is 4.57. The van der Waals surface area contributed by atoms with Gasteiger partial charge in [0.15, 0.2) is 0 Å². The number of aromatic hydroxyl groups is 1. The first-order chi connectivity index (χ1) is 14.0. The van der Waals surface area contributed by atoms with Crippen molar-refractivity contribution in [1.82, 2.24) is 4.57 Å². The molecule has 0 bridgehead atoms. The van der Waals surface area contributed by atoms with E-state index in [4.69, 9.17) is 16.3 Å². The molecule has 154 valence electrons. The number of carbonyl (C=O) groups is 1. The number of aryl methyl sites for hydroxylation is 1. The zero-order chi connectivity index (χ0) is 21.0. The maximum atomic E-state index is 12.8. The van der Waals surface area contributed by atoms with E-state index < -0.39 is 0 Å². The first-order valence-corrected chi connectivity index (χ1v) is 11.2. The maximum absolute atomic E-state index is 12.8. The first-order valence-electron chi connectivity index (χ1n) is 9.87. The van der Waals surface area contributed by atoms with E-state index in [1.54, 1.807) is 24.8 Å². The summed E-state index contributed by atoms with van der Waals surface area (Å²) in [7, 11) is 0. The van der Waals surface area contributed by atoms with Gasteiger partial charge in [0.1, 0.15) is 5.75 Å². The van der Waals surface area contributed by atoms with Crippen LogP contribution in [0.25, 0.3) is 10.9 Å². The van der Waals surface area contributed by atoms with Gasteiger partial charge in [0.25, 0.3) is 0 Å². The molecule has 0 saturated heterocycles. The molecule has 0 fully saturated rings. The second-order valence-corrected chi connectivity index (χ2v) is 8.37. The number of nitrogens with zero attached hydrogens (tertiary/aromatic N) is 1. The van der Waals surface area contributed by atoms with Crippen molar-refractivity contribution in [3.63, 3.8) is 0 Å². The summed E-state index contributed by atoms with van der Waals surface area (Å²) in [5, 5.41) is 12.1. The zero-order valence-electron chi connectivity index (χ0n) is 17.0. The molecule has 0 amide bonds. The fraction of sp³-hybridized carbons (Fsp3) is 0.348. The van der Waals surface area contributed by atoms with Gasteiger partial charge in [-0.2, -0.15) is 0 Å². The molecule has 29 heavy (non-hydrogen) atoms. The number of hydrogen-bond acceptors (Lipinski definition) is 4. The smallest absolute Gasteiger partial charge is 0.340 e. The lowest BCUT2D eigenvalue weighted by Crippen LogP contribution is -2.08. The Labute approximate surface area is 180 Å². The topological polar surface area (TPSA) is 51.5 Å². The fourth-order valence-corrected chi connectivity index (χ4v) is 4.57. The molecule has 0 aliphatic heterocycles. The summed E-state index contributed by atoms with van der Waals surface area (Å²) in [5.74, 6) is 0.389. The Bertz CT molecular complexity index is 1010. The van der Waals surface area contributed by atoms with E-state index in [2.05, 4.69) is 11.5 Å². The van der Waals surface area contributed by atoms with E-state index in [1.165, 1.54) is 0 Å². The molecule has 1 heterocycles. The normalized spacial score (nSPS) is 11.2. The molecule has 6 heteroatoms. The van der Waals surface area contributed by atoms with E-state index in [0.29, 0.717) is 22.9 Å². The van der Waals surface area contributed by atoms with E-state index in [1.807, 2.05) is 37.3 Å². The fourth-order valence-electron chi connectivity index (χ4n) is 3.51. The summed E-state index contributed by atoms with van der Waals surface area (Å²) < 4.78 is 7.52. The molecule has 3 rings (SSSR count). The van der Waals surface area contributed by atoms with Crippen LogP contribution in [0.5, 0.6) is 5.75 Å².